The number of thiazole rings is 1. The maximum atomic E-state index is 13.5. The Hall–Kier alpha value is -1.69. The summed E-state index contributed by atoms with van der Waals surface area (Å²) in [5, 5.41) is 3.92. The van der Waals surface area contributed by atoms with Gasteiger partial charge in [0, 0.05) is 32.5 Å². The molecule has 19 heavy (non-hydrogen) atoms. The Morgan fingerprint density at radius 2 is 2.42 bits per heavy atom. The van der Waals surface area contributed by atoms with Crippen molar-refractivity contribution in [1.82, 2.24) is 9.88 Å². The fourth-order valence-electron chi connectivity index (χ4n) is 2.32. The van der Waals surface area contributed by atoms with Gasteiger partial charge in [-0.1, -0.05) is 17.4 Å². The number of carbonyl (C=O) groups is 1. The molecule has 2 aromatic rings. The molecule has 0 unspecified atom stereocenters. The number of aromatic nitrogens is 1. The third-order valence-corrected chi connectivity index (χ3v) is 4.37. The molecule has 0 spiro atoms. The van der Waals surface area contributed by atoms with E-state index < -0.39 is 0 Å². The summed E-state index contributed by atoms with van der Waals surface area (Å²) < 4.78 is 14.1. The molecule has 0 saturated carbocycles. The molecule has 1 aliphatic rings. The third-order valence-electron chi connectivity index (χ3n) is 3.33. The van der Waals surface area contributed by atoms with Crippen LogP contribution in [0.15, 0.2) is 18.2 Å². The van der Waals surface area contributed by atoms with Crippen LogP contribution < -0.4 is 5.32 Å². The quantitative estimate of drug-likeness (QED) is 0.938. The Kier molecular flexibility index (Phi) is 3.10. The van der Waals surface area contributed by atoms with Crippen molar-refractivity contribution < 1.29 is 9.18 Å². The third kappa shape index (κ3) is 2.40. The molecular weight excluding hydrogens is 265 g/mol. The van der Waals surface area contributed by atoms with Gasteiger partial charge in [-0.3, -0.25) is 4.79 Å². The zero-order valence-corrected chi connectivity index (χ0v) is 11.3. The first kappa shape index (κ1) is 12.3. The second-order valence-electron chi connectivity index (χ2n) is 4.83. The largest absolute Gasteiger partial charge is 0.361 e. The number of benzene rings is 1. The molecule has 1 aromatic heterocycles. The summed E-state index contributed by atoms with van der Waals surface area (Å²) >= 11 is 1.31. The van der Waals surface area contributed by atoms with Crippen molar-refractivity contribution in [2.24, 2.45) is 5.92 Å². The van der Waals surface area contributed by atoms with Crippen LogP contribution in [-0.4, -0.2) is 35.9 Å². The second kappa shape index (κ2) is 4.77. The number of hydrogen-bond donors (Lipinski definition) is 1. The first-order valence-electron chi connectivity index (χ1n) is 6.16. The van der Waals surface area contributed by atoms with Crippen molar-refractivity contribution in [3.63, 3.8) is 0 Å². The molecule has 1 amide bonds. The van der Waals surface area contributed by atoms with Crippen LogP contribution in [0.4, 0.5) is 9.52 Å². The van der Waals surface area contributed by atoms with Crippen LogP contribution in [0, 0.1) is 11.7 Å². The van der Waals surface area contributed by atoms with Crippen LogP contribution in [0.1, 0.15) is 6.42 Å². The van der Waals surface area contributed by atoms with Gasteiger partial charge in [0.15, 0.2) is 5.13 Å². The van der Waals surface area contributed by atoms with E-state index in [2.05, 4.69) is 10.3 Å². The zero-order valence-electron chi connectivity index (χ0n) is 10.5. The number of nitrogens with one attached hydrogen (secondary N) is 1. The molecule has 100 valence electrons. The standard InChI is InChI=1S/C13H14FN3OS/c1-17-7-8(5-11(17)18)6-15-13-16-10-4-2-3-9(14)12(10)19-13/h2-4,8H,5-7H2,1H3,(H,15,16)/t8-/m1/s1. The second-order valence-corrected chi connectivity index (χ2v) is 5.83. The molecular formula is C13H14FN3OS. The van der Waals surface area contributed by atoms with Crippen molar-refractivity contribution in [3.8, 4) is 0 Å². The van der Waals surface area contributed by atoms with Gasteiger partial charge < -0.3 is 10.2 Å². The predicted octanol–water partition coefficient (Wildman–Crippen LogP) is 2.33. The Morgan fingerprint density at radius 3 is 3.11 bits per heavy atom. The molecule has 6 heteroatoms. The highest BCUT2D eigenvalue weighted by molar-refractivity contribution is 7.22. The van der Waals surface area contributed by atoms with Gasteiger partial charge in [0.05, 0.1) is 10.2 Å². The van der Waals surface area contributed by atoms with E-state index in [0.717, 1.165) is 6.54 Å². The molecule has 1 aromatic carbocycles. The predicted molar refractivity (Wildman–Crippen MR) is 73.8 cm³/mol. The summed E-state index contributed by atoms with van der Waals surface area (Å²) in [6.45, 7) is 1.46. The monoisotopic (exact) mass is 279 g/mol. The highest BCUT2D eigenvalue weighted by atomic mass is 32.1. The molecule has 4 nitrogen and oxygen atoms in total. The fourth-order valence-corrected chi connectivity index (χ4v) is 3.19. The topological polar surface area (TPSA) is 45.2 Å². The number of likely N-dealkylation sites (tertiary alicyclic amines) is 1. The van der Waals surface area contributed by atoms with Gasteiger partial charge in [-0.2, -0.15) is 0 Å². The SMILES string of the molecule is CN1C[C@@H](CNc2nc3cccc(F)c3s2)CC1=O. The molecule has 1 N–H and O–H groups in total. The number of fused-ring (bicyclic) bond motifs is 1. The zero-order chi connectivity index (χ0) is 13.4. The first-order valence-corrected chi connectivity index (χ1v) is 6.98. The van der Waals surface area contributed by atoms with E-state index in [4.69, 9.17) is 0 Å². The number of anilines is 1. The van der Waals surface area contributed by atoms with E-state index in [0.29, 0.717) is 34.2 Å². The summed E-state index contributed by atoms with van der Waals surface area (Å²) in [4.78, 5) is 17.5. The van der Waals surface area contributed by atoms with Gasteiger partial charge >= 0.3 is 0 Å². The van der Waals surface area contributed by atoms with E-state index in [9.17, 15) is 9.18 Å². The first-order chi connectivity index (χ1) is 9.13. The van der Waals surface area contributed by atoms with Gasteiger partial charge in [0.2, 0.25) is 5.91 Å². The number of hydrogen-bond acceptors (Lipinski definition) is 4. The van der Waals surface area contributed by atoms with E-state index in [-0.39, 0.29) is 11.7 Å². The normalized spacial score (nSPS) is 19.4. The number of amides is 1. The molecule has 1 fully saturated rings. The maximum absolute atomic E-state index is 13.5. The lowest BCUT2D eigenvalue weighted by Crippen LogP contribution is -2.21. The van der Waals surface area contributed by atoms with Crippen LogP contribution in [0.25, 0.3) is 10.2 Å². The van der Waals surface area contributed by atoms with E-state index in [1.54, 1.807) is 17.0 Å². The Morgan fingerprint density at radius 1 is 1.58 bits per heavy atom. The molecule has 3 rings (SSSR count). The average molecular weight is 279 g/mol. The maximum Gasteiger partial charge on any atom is 0.222 e. The molecule has 1 atom stereocenters. The van der Waals surface area contributed by atoms with Crippen LogP contribution in [0.2, 0.25) is 0 Å². The number of halogens is 1. The van der Waals surface area contributed by atoms with Crippen molar-refractivity contribution >= 4 is 32.6 Å². The lowest BCUT2D eigenvalue weighted by molar-refractivity contribution is -0.126. The highest BCUT2D eigenvalue weighted by Gasteiger charge is 2.26. The van der Waals surface area contributed by atoms with Crippen molar-refractivity contribution in [3.05, 3.63) is 24.0 Å². The van der Waals surface area contributed by atoms with Gasteiger partial charge in [-0.05, 0) is 12.1 Å². The highest BCUT2D eigenvalue weighted by Crippen LogP contribution is 2.28. The van der Waals surface area contributed by atoms with Crippen molar-refractivity contribution in [2.75, 3.05) is 25.5 Å². The van der Waals surface area contributed by atoms with E-state index >= 15 is 0 Å². The number of carbonyl (C=O) groups excluding carboxylic acids is 1. The summed E-state index contributed by atoms with van der Waals surface area (Å²) in [5.74, 6) is 0.246. The lowest BCUT2D eigenvalue weighted by Gasteiger charge is -2.10. The molecule has 0 bridgehead atoms. The smallest absolute Gasteiger partial charge is 0.222 e. The molecule has 2 heterocycles. The number of nitrogens with zero attached hydrogens (tertiary/aromatic N) is 2. The van der Waals surface area contributed by atoms with Crippen LogP contribution in [0.3, 0.4) is 0 Å². The minimum atomic E-state index is -0.237. The summed E-state index contributed by atoms with van der Waals surface area (Å²) in [5.41, 5.74) is 0.673. The average Bonchev–Trinajstić information content (AvgIpc) is 2.92. The summed E-state index contributed by atoms with van der Waals surface area (Å²) in [7, 11) is 1.81. The van der Waals surface area contributed by atoms with E-state index in [1.165, 1.54) is 17.4 Å². The minimum Gasteiger partial charge on any atom is -0.361 e. The summed E-state index contributed by atoms with van der Waals surface area (Å²) in [6, 6.07) is 4.90. The van der Waals surface area contributed by atoms with Crippen LogP contribution in [-0.2, 0) is 4.79 Å². The van der Waals surface area contributed by atoms with Crippen LogP contribution in [0.5, 0.6) is 0 Å². The Labute approximate surface area is 114 Å². The van der Waals surface area contributed by atoms with Gasteiger partial charge in [0.25, 0.3) is 0 Å². The summed E-state index contributed by atoms with van der Waals surface area (Å²) in [6.07, 6.45) is 0.572. The Bertz CT molecular complexity index is 627. The molecule has 0 aliphatic carbocycles. The van der Waals surface area contributed by atoms with Crippen molar-refractivity contribution in [1.29, 1.82) is 0 Å². The molecule has 1 saturated heterocycles. The minimum absolute atomic E-state index is 0.183. The Balaban J connectivity index is 1.69. The van der Waals surface area contributed by atoms with Gasteiger partial charge in [0.1, 0.15) is 5.82 Å². The van der Waals surface area contributed by atoms with E-state index in [1.807, 2.05) is 7.05 Å². The van der Waals surface area contributed by atoms with Crippen LogP contribution >= 0.6 is 11.3 Å². The fraction of sp³-hybridized carbons (Fsp3) is 0.385. The lowest BCUT2D eigenvalue weighted by atomic mass is 10.1. The number of rotatable bonds is 3. The molecule has 1 aliphatic heterocycles. The van der Waals surface area contributed by atoms with Gasteiger partial charge in [-0.15, -0.1) is 0 Å². The molecule has 0 radical (unpaired) electrons. The van der Waals surface area contributed by atoms with Crippen molar-refractivity contribution in [2.45, 2.75) is 6.42 Å². The van der Waals surface area contributed by atoms with Gasteiger partial charge in [-0.25, -0.2) is 9.37 Å².